The van der Waals surface area contributed by atoms with Crippen LogP contribution in [0, 0.1) is 11.3 Å². The van der Waals surface area contributed by atoms with Crippen LogP contribution in [0.5, 0.6) is 11.5 Å². The van der Waals surface area contributed by atoms with Crippen LogP contribution in [0.2, 0.25) is 0 Å². The molecule has 0 aliphatic carbocycles. The number of rotatable bonds is 5. The number of ether oxygens (including phenoxy) is 2. The number of aryl methyl sites for hydroxylation is 1. The van der Waals surface area contributed by atoms with Gasteiger partial charge in [0.05, 0.1) is 12.7 Å². The summed E-state index contributed by atoms with van der Waals surface area (Å²) in [4.78, 5) is 11.2. The highest BCUT2D eigenvalue weighted by Gasteiger charge is 2.11. The predicted molar refractivity (Wildman–Crippen MR) is 78.0 cm³/mol. The van der Waals surface area contributed by atoms with Crippen molar-refractivity contribution >= 4 is 5.97 Å². The lowest BCUT2D eigenvalue weighted by molar-refractivity contribution is -0.140. The largest absolute Gasteiger partial charge is 0.469 e. The maximum Gasteiger partial charge on any atom is 0.305 e. The summed E-state index contributed by atoms with van der Waals surface area (Å²) >= 11 is 0. The van der Waals surface area contributed by atoms with E-state index in [1.807, 2.05) is 42.5 Å². The number of carbonyl (C=O) groups is 1. The third kappa shape index (κ3) is 3.83. The van der Waals surface area contributed by atoms with Crippen molar-refractivity contribution in [1.29, 1.82) is 5.26 Å². The van der Waals surface area contributed by atoms with Crippen molar-refractivity contribution in [2.24, 2.45) is 0 Å². The van der Waals surface area contributed by atoms with E-state index in [9.17, 15) is 10.1 Å². The molecule has 0 fully saturated rings. The van der Waals surface area contributed by atoms with Crippen LogP contribution in [-0.4, -0.2) is 13.1 Å². The van der Waals surface area contributed by atoms with E-state index in [1.165, 1.54) is 7.11 Å². The summed E-state index contributed by atoms with van der Waals surface area (Å²) < 4.78 is 10.4. The molecule has 4 heteroatoms. The summed E-state index contributed by atoms with van der Waals surface area (Å²) in [5.74, 6) is 0.860. The van der Waals surface area contributed by atoms with Gasteiger partial charge in [-0.2, -0.15) is 5.26 Å². The number of hydrogen-bond acceptors (Lipinski definition) is 4. The molecular formula is C17H15NO3. The van der Waals surface area contributed by atoms with Crippen molar-refractivity contribution in [3.8, 4) is 17.6 Å². The van der Waals surface area contributed by atoms with Gasteiger partial charge in [-0.15, -0.1) is 0 Å². The first-order valence-corrected chi connectivity index (χ1v) is 6.56. The summed E-state index contributed by atoms with van der Waals surface area (Å²) in [6, 6.07) is 16.8. The summed E-state index contributed by atoms with van der Waals surface area (Å²) in [5, 5.41) is 9.35. The zero-order valence-corrected chi connectivity index (χ0v) is 11.7. The van der Waals surface area contributed by atoms with Crippen LogP contribution < -0.4 is 4.74 Å². The van der Waals surface area contributed by atoms with Crippen LogP contribution >= 0.6 is 0 Å². The third-order valence-electron chi connectivity index (χ3n) is 3.02. The smallest absolute Gasteiger partial charge is 0.305 e. The van der Waals surface area contributed by atoms with Crippen LogP contribution in [0.25, 0.3) is 0 Å². The zero-order chi connectivity index (χ0) is 15.1. The van der Waals surface area contributed by atoms with E-state index in [1.54, 1.807) is 6.07 Å². The van der Waals surface area contributed by atoms with Crippen LogP contribution in [0.1, 0.15) is 17.5 Å². The minimum Gasteiger partial charge on any atom is -0.469 e. The Bertz CT molecular complexity index is 659. The van der Waals surface area contributed by atoms with Crippen molar-refractivity contribution in [3.05, 3.63) is 59.7 Å². The van der Waals surface area contributed by atoms with Gasteiger partial charge in [0.25, 0.3) is 0 Å². The van der Waals surface area contributed by atoms with Gasteiger partial charge in [-0.3, -0.25) is 4.79 Å². The highest BCUT2D eigenvalue weighted by molar-refractivity contribution is 5.69. The van der Waals surface area contributed by atoms with E-state index in [4.69, 9.17) is 4.74 Å². The molecule has 0 aliphatic rings. The first-order chi connectivity index (χ1) is 10.2. The minimum atomic E-state index is -0.298. The molecule has 0 saturated carbocycles. The first kappa shape index (κ1) is 14.6. The maximum atomic E-state index is 11.2. The summed E-state index contributed by atoms with van der Waals surface area (Å²) in [6.45, 7) is 0. The number of benzene rings is 2. The number of carbonyl (C=O) groups excluding carboxylic acids is 1. The quantitative estimate of drug-likeness (QED) is 0.787. The Morgan fingerprint density at radius 1 is 1.14 bits per heavy atom. The van der Waals surface area contributed by atoms with Gasteiger partial charge in [0, 0.05) is 6.42 Å². The van der Waals surface area contributed by atoms with Gasteiger partial charge in [-0.05, 0) is 30.2 Å². The second-order valence-electron chi connectivity index (χ2n) is 4.39. The van der Waals surface area contributed by atoms with E-state index in [-0.39, 0.29) is 12.4 Å². The number of methoxy groups -OCH3 is 1. The molecule has 2 aromatic rings. The Morgan fingerprint density at radius 2 is 1.90 bits per heavy atom. The fraction of sp³-hybridized carbons (Fsp3) is 0.176. The van der Waals surface area contributed by atoms with Crippen molar-refractivity contribution < 1.29 is 14.3 Å². The molecule has 0 atom stereocenters. The van der Waals surface area contributed by atoms with Crippen molar-refractivity contribution in [2.45, 2.75) is 12.8 Å². The Kier molecular flexibility index (Phi) is 4.94. The molecule has 0 bridgehead atoms. The van der Waals surface area contributed by atoms with Crippen molar-refractivity contribution in [2.75, 3.05) is 7.11 Å². The van der Waals surface area contributed by atoms with Gasteiger partial charge in [0.1, 0.15) is 17.6 Å². The summed E-state index contributed by atoms with van der Waals surface area (Å²) in [6.07, 6.45) is 0.682. The SMILES string of the molecule is COC(=O)CCc1cccc(Oc2ccccc2)c1C#N. The van der Waals surface area contributed by atoms with Crippen molar-refractivity contribution in [1.82, 2.24) is 0 Å². The van der Waals surface area contributed by atoms with Gasteiger partial charge >= 0.3 is 5.97 Å². The molecule has 4 nitrogen and oxygen atoms in total. The van der Waals surface area contributed by atoms with Gasteiger partial charge in [0.15, 0.2) is 0 Å². The number of esters is 1. The third-order valence-corrected chi connectivity index (χ3v) is 3.02. The Morgan fingerprint density at radius 3 is 2.57 bits per heavy atom. The average molecular weight is 281 g/mol. The molecule has 0 amide bonds. The fourth-order valence-electron chi connectivity index (χ4n) is 1.95. The number of hydrogen-bond donors (Lipinski definition) is 0. The Labute approximate surface area is 123 Å². The minimum absolute atomic E-state index is 0.236. The standard InChI is InChI=1S/C17H15NO3/c1-20-17(19)11-10-13-6-5-9-16(15(13)12-18)21-14-7-3-2-4-8-14/h2-9H,10-11H2,1H3. The summed E-state index contributed by atoms with van der Waals surface area (Å²) in [5.41, 5.74) is 1.22. The lowest BCUT2D eigenvalue weighted by atomic mass is 10.0. The normalized spacial score (nSPS) is 9.71. The van der Waals surface area contributed by atoms with Gasteiger partial charge in [-0.1, -0.05) is 30.3 Å². The molecule has 21 heavy (non-hydrogen) atoms. The highest BCUT2D eigenvalue weighted by atomic mass is 16.5. The zero-order valence-electron chi connectivity index (χ0n) is 11.7. The molecule has 0 saturated heterocycles. The number of nitrogens with zero attached hydrogens (tertiary/aromatic N) is 1. The van der Waals surface area contributed by atoms with Gasteiger partial charge < -0.3 is 9.47 Å². The van der Waals surface area contributed by atoms with Gasteiger partial charge in [-0.25, -0.2) is 0 Å². The highest BCUT2D eigenvalue weighted by Crippen LogP contribution is 2.27. The maximum absolute atomic E-state index is 11.2. The number of para-hydroxylation sites is 1. The molecule has 0 heterocycles. The second kappa shape index (κ2) is 7.11. The molecule has 2 rings (SSSR count). The van der Waals surface area contributed by atoms with E-state index in [2.05, 4.69) is 10.8 Å². The van der Waals surface area contributed by atoms with E-state index in [0.717, 1.165) is 5.56 Å². The van der Waals surface area contributed by atoms with Crippen LogP contribution in [0.15, 0.2) is 48.5 Å². The molecular weight excluding hydrogens is 266 g/mol. The lowest BCUT2D eigenvalue weighted by Crippen LogP contribution is -2.03. The van der Waals surface area contributed by atoms with E-state index >= 15 is 0 Å². The second-order valence-corrected chi connectivity index (χ2v) is 4.39. The van der Waals surface area contributed by atoms with Crippen LogP contribution in [-0.2, 0) is 16.0 Å². The van der Waals surface area contributed by atoms with Gasteiger partial charge in [0.2, 0.25) is 0 Å². The molecule has 2 aromatic carbocycles. The van der Waals surface area contributed by atoms with Crippen LogP contribution in [0.3, 0.4) is 0 Å². The number of nitriles is 1. The molecule has 0 spiro atoms. The summed E-state index contributed by atoms with van der Waals surface area (Å²) in [7, 11) is 1.35. The molecule has 106 valence electrons. The molecule has 0 N–H and O–H groups in total. The topological polar surface area (TPSA) is 59.3 Å². The molecule has 0 unspecified atom stereocenters. The van der Waals surface area contributed by atoms with Crippen LogP contribution in [0.4, 0.5) is 0 Å². The van der Waals surface area contributed by atoms with Crippen molar-refractivity contribution in [3.63, 3.8) is 0 Å². The van der Waals surface area contributed by atoms with E-state index in [0.29, 0.717) is 23.5 Å². The molecule has 0 aliphatic heterocycles. The fourth-order valence-corrected chi connectivity index (χ4v) is 1.95. The molecule has 0 radical (unpaired) electrons. The lowest BCUT2D eigenvalue weighted by Gasteiger charge is -2.10. The first-order valence-electron chi connectivity index (χ1n) is 6.56. The van der Waals surface area contributed by atoms with E-state index < -0.39 is 0 Å². The monoisotopic (exact) mass is 281 g/mol. The molecule has 0 aromatic heterocycles. The predicted octanol–water partition coefficient (Wildman–Crippen LogP) is 3.46. The average Bonchev–Trinajstić information content (AvgIpc) is 2.53. The Hall–Kier alpha value is -2.80. The Balaban J connectivity index is 2.23.